The number of hydrogen-bond donors (Lipinski definition) is 1. The summed E-state index contributed by atoms with van der Waals surface area (Å²) >= 11 is 3.65. The van der Waals surface area contributed by atoms with E-state index in [0.29, 0.717) is 6.04 Å². The van der Waals surface area contributed by atoms with Crippen LogP contribution in [0.5, 0.6) is 0 Å². The van der Waals surface area contributed by atoms with Crippen molar-refractivity contribution < 1.29 is 0 Å². The van der Waals surface area contributed by atoms with Gasteiger partial charge in [-0.3, -0.25) is 9.36 Å². The second-order valence-corrected chi connectivity index (χ2v) is 5.99. The third kappa shape index (κ3) is 3.30. The minimum atomic E-state index is 0.466. The second kappa shape index (κ2) is 6.54. The highest BCUT2D eigenvalue weighted by Crippen LogP contribution is 2.22. The van der Waals surface area contributed by atoms with E-state index in [0.717, 1.165) is 35.4 Å². The molecule has 0 saturated carbocycles. The van der Waals surface area contributed by atoms with Crippen molar-refractivity contribution in [3.8, 4) is 0 Å². The summed E-state index contributed by atoms with van der Waals surface area (Å²) in [6, 6.07) is 2.52. The molecule has 2 heterocycles. The van der Waals surface area contributed by atoms with Crippen molar-refractivity contribution in [1.82, 2.24) is 24.9 Å². The molecular weight excluding hydrogens is 318 g/mol. The molecule has 0 aromatic carbocycles. The number of halogens is 1. The summed E-state index contributed by atoms with van der Waals surface area (Å²) in [6.07, 6.45) is 2.78. The first kappa shape index (κ1) is 15.3. The van der Waals surface area contributed by atoms with E-state index >= 15 is 0 Å². The van der Waals surface area contributed by atoms with Gasteiger partial charge in [-0.05, 0) is 28.4 Å². The van der Waals surface area contributed by atoms with Gasteiger partial charge in [0.05, 0.1) is 28.1 Å². The zero-order valence-electron chi connectivity index (χ0n) is 12.5. The summed E-state index contributed by atoms with van der Waals surface area (Å²) in [5, 5.41) is 12.4. The molecule has 2 aromatic heterocycles. The number of aryl methyl sites for hydroxylation is 2. The van der Waals surface area contributed by atoms with Crippen molar-refractivity contribution in [1.29, 1.82) is 0 Å². The van der Waals surface area contributed by atoms with Gasteiger partial charge in [-0.15, -0.1) is 0 Å². The van der Waals surface area contributed by atoms with Gasteiger partial charge in [0.1, 0.15) is 0 Å². The molecule has 0 amide bonds. The lowest BCUT2D eigenvalue weighted by Crippen LogP contribution is -2.24. The van der Waals surface area contributed by atoms with E-state index in [1.165, 1.54) is 5.69 Å². The number of rotatable bonds is 6. The lowest BCUT2D eigenvalue weighted by Gasteiger charge is -2.11. The fourth-order valence-corrected chi connectivity index (χ4v) is 2.84. The molecule has 0 radical (unpaired) electrons. The van der Waals surface area contributed by atoms with Gasteiger partial charge in [-0.2, -0.15) is 10.2 Å². The van der Waals surface area contributed by atoms with E-state index in [1.807, 2.05) is 22.6 Å². The van der Waals surface area contributed by atoms with Crippen LogP contribution in [-0.2, 0) is 26.6 Å². The first-order valence-electron chi connectivity index (χ1n) is 6.97. The van der Waals surface area contributed by atoms with Crippen LogP contribution in [0, 0.1) is 0 Å². The van der Waals surface area contributed by atoms with Gasteiger partial charge in [0.25, 0.3) is 0 Å². The number of aromatic nitrogens is 4. The van der Waals surface area contributed by atoms with E-state index < -0.39 is 0 Å². The van der Waals surface area contributed by atoms with E-state index in [2.05, 4.69) is 58.3 Å². The zero-order chi connectivity index (χ0) is 14.7. The molecule has 0 unspecified atom stereocenters. The molecule has 0 aliphatic rings. The Labute approximate surface area is 128 Å². The summed E-state index contributed by atoms with van der Waals surface area (Å²) in [5.41, 5.74) is 3.43. The van der Waals surface area contributed by atoms with Crippen molar-refractivity contribution in [2.75, 3.05) is 0 Å². The van der Waals surface area contributed by atoms with Crippen molar-refractivity contribution in [2.24, 2.45) is 7.05 Å². The Morgan fingerprint density at radius 2 is 2.15 bits per heavy atom. The first-order chi connectivity index (χ1) is 9.52. The van der Waals surface area contributed by atoms with Gasteiger partial charge < -0.3 is 5.32 Å². The van der Waals surface area contributed by atoms with Crippen LogP contribution in [0.4, 0.5) is 0 Å². The van der Waals surface area contributed by atoms with Crippen molar-refractivity contribution in [2.45, 2.75) is 46.3 Å². The predicted octanol–water partition coefficient (Wildman–Crippen LogP) is 2.49. The second-order valence-electron chi connectivity index (χ2n) is 5.20. The molecule has 20 heavy (non-hydrogen) atoms. The molecule has 2 aromatic rings. The molecule has 0 saturated heterocycles. The molecule has 0 atom stereocenters. The normalized spacial score (nSPS) is 11.5. The van der Waals surface area contributed by atoms with E-state index in [-0.39, 0.29) is 0 Å². The fraction of sp³-hybridized carbons (Fsp3) is 0.571. The monoisotopic (exact) mass is 339 g/mol. The van der Waals surface area contributed by atoms with Crippen LogP contribution in [0.25, 0.3) is 0 Å². The maximum Gasteiger partial charge on any atom is 0.0843 e. The highest BCUT2D eigenvalue weighted by Gasteiger charge is 2.14. The van der Waals surface area contributed by atoms with Crippen LogP contribution in [0.2, 0.25) is 0 Å². The first-order valence-corrected chi connectivity index (χ1v) is 7.76. The lowest BCUT2D eigenvalue weighted by molar-refractivity contribution is 0.536. The molecule has 110 valence electrons. The van der Waals surface area contributed by atoms with Crippen LogP contribution < -0.4 is 5.32 Å². The summed E-state index contributed by atoms with van der Waals surface area (Å²) in [6.45, 7) is 7.96. The molecule has 6 heteroatoms. The van der Waals surface area contributed by atoms with Crippen LogP contribution in [0.1, 0.15) is 37.9 Å². The summed E-state index contributed by atoms with van der Waals surface area (Å²) < 4.78 is 5.06. The fourth-order valence-electron chi connectivity index (χ4n) is 2.09. The Bertz CT molecular complexity index is 570. The van der Waals surface area contributed by atoms with Gasteiger partial charge in [0, 0.05) is 25.8 Å². The van der Waals surface area contributed by atoms with E-state index in [9.17, 15) is 0 Å². The van der Waals surface area contributed by atoms with Gasteiger partial charge in [-0.25, -0.2) is 0 Å². The molecule has 0 aliphatic carbocycles. The molecule has 0 fully saturated rings. The summed E-state index contributed by atoms with van der Waals surface area (Å²) in [4.78, 5) is 0. The Kier molecular flexibility index (Phi) is 4.99. The Morgan fingerprint density at radius 1 is 1.40 bits per heavy atom. The van der Waals surface area contributed by atoms with Crippen LogP contribution in [0.3, 0.4) is 0 Å². The molecule has 0 aliphatic heterocycles. The standard InChI is InChI=1S/C14H22BrN5/c1-5-12-14(15)13(19(4)18-12)9-20-11(6-7-17-20)8-16-10(2)3/h6-7,10,16H,5,8-9H2,1-4H3. The van der Waals surface area contributed by atoms with Crippen molar-refractivity contribution in [3.05, 3.63) is 33.8 Å². The van der Waals surface area contributed by atoms with Crippen molar-refractivity contribution >= 4 is 15.9 Å². The van der Waals surface area contributed by atoms with Crippen LogP contribution in [-0.4, -0.2) is 25.6 Å². The summed E-state index contributed by atoms with van der Waals surface area (Å²) in [5.74, 6) is 0. The maximum atomic E-state index is 4.53. The number of nitrogens with zero attached hydrogens (tertiary/aromatic N) is 4. The molecular formula is C14H22BrN5. The van der Waals surface area contributed by atoms with Gasteiger partial charge in [0.15, 0.2) is 0 Å². The minimum absolute atomic E-state index is 0.466. The van der Waals surface area contributed by atoms with Crippen molar-refractivity contribution in [3.63, 3.8) is 0 Å². The quantitative estimate of drug-likeness (QED) is 0.879. The van der Waals surface area contributed by atoms with E-state index in [4.69, 9.17) is 0 Å². The Balaban J connectivity index is 2.18. The molecule has 2 rings (SSSR count). The molecule has 1 N–H and O–H groups in total. The average Bonchev–Trinajstić information content (AvgIpc) is 2.95. The SMILES string of the molecule is CCc1nn(C)c(Cn2nccc2CNC(C)C)c1Br. The molecule has 5 nitrogen and oxygen atoms in total. The predicted molar refractivity (Wildman–Crippen MR) is 83.6 cm³/mol. The highest BCUT2D eigenvalue weighted by molar-refractivity contribution is 9.10. The van der Waals surface area contributed by atoms with E-state index in [1.54, 1.807) is 0 Å². The Morgan fingerprint density at radius 3 is 2.75 bits per heavy atom. The number of nitrogens with one attached hydrogen (secondary N) is 1. The maximum absolute atomic E-state index is 4.53. The Hall–Kier alpha value is -1.14. The largest absolute Gasteiger partial charge is 0.309 e. The smallest absolute Gasteiger partial charge is 0.0843 e. The average molecular weight is 340 g/mol. The van der Waals surface area contributed by atoms with Gasteiger partial charge >= 0.3 is 0 Å². The lowest BCUT2D eigenvalue weighted by atomic mass is 10.3. The van der Waals surface area contributed by atoms with Gasteiger partial charge in [0.2, 0.25) is 0 Å². The number of hydrogen-bond acceptors (Lipinski definition) is 3. The van der Waals surface area contributed by atoms with Crippen LogP contribution in [0.15, 0.2) is 16.7 Å². The summed E-state index contributed by atoms with van der Waals surface area (Å²) in [7, 11) is 1.98. The minimum Gasteiger partial charge on any atom is -0.309 e. The molecule has 0 bridgehead atoms. The molecule has 0 spiro atoms. The third-order valence-corrected chi connectivity index (χ3v) is 4.21. The topological polar surface area (TPSA) is 47.7 Å². The third-order valence-electron chi connectivity index (χ3n) is 3.30. The highest BCUT2D eigenvalue weighted by atomic mass is 79.9. The van der Waals surface area contributed by atoms with Gasteiger partial charge in [-0.1, -0.05) is 20.8 Å². The van der Waals surface area contributed by atoms with Crippen LogP contribution >= 0.6 is 15.9 Å². The zero-order valence-corrected chi connectivity index (χ0v) is 14.1.